The Kier molecular flexibility index (Phi) is 8.51. The maximum Gasteiger partial charge on any atom is 0.308 e. The van der Waals surface area contributed by atoms with E-state index in [4.69, 9.17) is 9.73 Å². The predicted molar refractivity (Wildman–Crippen MR) is 122 cm³/mol. The Bertz CT molecular complexity index is 756. The number of carbonyl (C=O) groups is 1. The number of esters is 1. The molecule has 2 saturated heterocycles. The number of nitrogens with one attached hydrogen (secondary N) is 1. The summed E-state index contributed by atoms with van der Waals surface area (Å²) < 4.78 is 19.7. The van der Waals surface area contributed by atoms with Gasteiger partial charge in [0.2, 0.25) is 0 Å². The van der Waals surface area contributed by atoms with Crippen molar-refractivity contribution in [1.29, 1.82) is 0 Å². The van der Waals surface area contributed by atoms with Crippen LogP contribution >= 0.6 is 0 Å². The monoisotopic (exact) mass is 433 g/mol. The molecule has 0 amide bonds. The molecule has 2 aliphatic heterocycles. The summed E-state index contributed by atoms with van der Waals surface area (Å²) in [6.45, 7) is 11.6. The standard InChI is InChI=1S/C23H36FN5O2/c1-4-25-23(29-10-8-19(9-11-29)22(30)31-3)26-17-18-6-7-21(20(24)16-18)28-14-12-27(5-2)13-15-28/h6-7,16,19H,4-5,8-15,17H2,1-3H3,(H,25,26). The van der Waals surface area contributed by atoms with Crippen LogP contribution in [0.15, 0.2) is 23.2 Å². The van der Waals surface area contributed by atoms with Gasteiger partial charge in [-0.05, 0) is 44.0 Å². The summed E-state index contributed by atoms with van der Waals surface area (Å²) in [7, 11) is 1.44. The van der Waals surface area contributed by atoms with Crippen LogP contribution in [0.3, 0.4) is 0 Å². The van der Waals surface area contributed by atoms with Gasteiger partial charge in [-0.3, -0.25) is 4.79 Å². The number of anilines is 1. The molecular formula is C23H36FN5O2. The number of hydrogen-bond acceptors (Lipinski definition) is 5. The van der Waals surface area contributed by atoms with Crippen molar-refractivity contribution in [3.8, 4) is 0 Å². The van der Waals surface area contributed by atoms with Gasteiger partial charge in [0.1, 0.15) is 5.82 Å². The van der Waals surface area contributed by atoms with E-state index in [-0.39, 0.29) is 17.7 Å². The van der Waals surface area contributed by atoms with Gasteiger partial charge in [0.05, 0.1) is 25.3 Å². The molecule has 1 N–H and O–H groups in total. The number of benzene rings is 1. The van der Waals surface area contributed by atoms with Crippen LogP contribution in [0.25, 0.3) is 0 Å². The fraction of sp³-hybridized carbons (Fsp3) is 0.652. The first-order valence-corrected chi connectivity index (χ1v) is 11.4. The largest absolute Gasteiger partial charge is 0.469 e. The first-order chi connectivity index (χ1) is 15.0. The third-order valence-corrected chi connectivity index (χ3v) is 6.25. The van der Waals surface area contributed by atoms with Crippen LogP contribution in [-0.2, 0) is 16.1 Å². The lowest BCUT2D eigenvalue weighted by molar-refractivity contribution is -0.146. The minimum atomic E-state index is -0.179. The smallest absolute Gasteiger partial charge is 0.308 e. The molecule has 0 unspecified atom stereocenters. The van der Waals surface area contributed by atoms with E-state index in [1.54, 1.807) is 6.07 Å². The number of likely N-dealkylation sites (tertiary alicyclic amines) is 1. The summed E-state index contributed by atoms with van der Waals surface area (Å²) in [5.41, 5.74) is 1.54. The van der Waals surface area contributed by atoms with Gasteiger partial charge in [-0.1, -0.05) is 13.0 Å². The number of aliphatic imine (C=N–C) groups is 1. The summed E-state index contributed by atoms with van der Waals surface area (Å²) >= 11 is 0. The summed E-state index contributed by atoms with van der Waals surface area (Å²) in [4.78, 5) is 23.2. The van der Waals surface area contributed by atoms with Crippen molar-refractivity contribution >= 4 is 17.6 Å². The number of nitrogens with zero attached hydrogens (tertiary/aromatic N) is 4. The normalized spacial score (nSPS) is 18.9. The molecule has 7 nitrogen and oxygen atoms in total. The highest BCUT2D eigenvalue weighted by molar-refractivity contribution is 5.80. The molecule has 0 bridgehead atoms. The van der Waals surface area contributed by atoms with Crippen molar-refractivity contribution in [3.05, 3.63) is 29.6 Å². The zero-order valence-electron chi connectivity index (χ0n) is 19.1. The van der Waals surface area contributed by atoms with E-state index in [9.17, 15) is 9.18 Å². The van der Waals surface area contributed by atoms with Crippen molar-refractivity contribution in [2.75, 3.05) is 64.4 Å². The Hall–Kier alpha value is -2.35. The number of hydrogen-bond donors (Lipinski definition) is 1. The van der Waals surface area contributed by atoms with Gasteiger partial charge in [-0.15, -0.1) is 0 Å². The Balaban J connectivity index is 1.61. The molecule has 0 saturated carbocycles. The Morgan fingerprint density at radius 2 is 1.87 bits per heavy atom. The number of piperazine rings is 1. The lowest BCUT2D eigenvalue weighted by Gasteiger charge is -2.35. The number of halogens is 1. The molecule has 1 aromatic carbocycles. The van der Waals surface area contributed by atoms with Crippen LogP contribution in [-0.4, -0.2) is 81.2 Å². The second-order valence-electron chi connectivity index (χ2n) is 8.16. The molecule has 2 aliphatic rings. The van der Waals surface area contributed by atoms with Gasteiger partial charge >= 0.3 is 5.97 Å². The van der Waals surface area contributed by atoms with Crippen molar-refractivity contribution < 1.29 is 13.9 Å². The number of ether oxygens (including phenoxy) is 1. The van der Waals surface area contributed by atoms with Crippen molar-refractivity contribution in [3.63, 3.8) is 0 Å². The molecular weight excluding hydrogens is 397 g/mol. The number of carbonyl (C=O) groups excluding carboxylic acids is 1. The zero-order chi connectivity index (χ0) is 22.2. The van der Waals surface area contributed by atoms with Gasteiger partial charge < -0.3 is 24.8 Å². The van der Waals surface area contributed by atoms with Gasteiger partial charge in [-0.2, -0.15) is 0 Å². The summed E-state index contributed by atoms with van der Waals surface area (Å²) in [6, 6.07) is 5.47. The lowest BCUT2D eigenvalue weighted by atomic mass is 9.97. The van der Waals surface area contributed by atoms with Crippen molar-refractivity contribution in [2.24, 2.45) is 10.9 Å². The Labute approximate surface area is 185 Å². The number of guanidine groups is 1. The van der Waals surface area contributed by atoms with Gasteiger partial charge in [-0.25, -0.2) is 9.38 Å². The third kappa shape index (κ3) is 6.09. The minimum absolute atomic E-state index is 0.0371. The van der Waals surface area contributed by atoms with E-state index in [1.165, 1.54) is 7.11 Å². The van der Waals surface area contributed by atoms with Gasteiger partial charge in [0.15, 0.2) is 5.96 Å². The van der Waals surface area contributed by atoms with E-state index in [0.29, 0.717) is 12.2 Å². The average Bonchev–Trinajstić information content (AvgIpc) is 2.81. The second kappa shape index (κ2) is 11.3. The zero-order valence-corrected chi connectivity index (χ0v) is 19.1. The molecule has 0 spiro atoms. The molecule has 3 rings (SSSR count). The van der Waals surface area contributed by atoms with E-state index in [0.717, 1.165) is 76.7 Å². The molecule has 31 heavy (non-hydrogen) atoms. The first kappa shape index (κ1) is 23.3. The quantitative estimate of drug-likeness (QED) is 0.422. The second-order valence-corrected chi connectivity index (χ2v) is 8.16. The number of rotatable bonds is 6. The highest BCUT2D eigenvalue weighted by Gasteiger charge is 2.27. The fourth-order valence-electron chi connectivity index (χ4n) is 4.30. The van der Waals surface area contributed by atoms with Crippen LogP contribution < -0.4 is 10.2 Å². The first-order valence-electron chi connectivity index (χ1n) is 11.4. The molecule has 0 aliphatic carbocycles. The molecule has 0 atom stereocenters. The molecule has 0 radical (unpaired) electrons. The molecule has 2 heterocycles. The Morgan fingerprint density at radius 3 is 2.45 bits per heavy atom. The van der Waals surface area contributed by atoms with E-state index < -0.39 is 0 Å². The molecule has 0 aromatic heterocycles. The number of methoxy groups -OCH3 is 1. The molecule has 2 fully saturated rings. The highest BCUT2D eigenvalue weighted by atomic mass is 19.1. The van der Waals surface area contributed by atoms with Crippen LogP contribution in [0.5, 0.6) is 0 Å². The maximum atomic E-state index is 14.8. The third-order valence-electron chi connectivity index (χ3n) is 6.25. The predicted octanol–water partition coefficient (Wildman–Crippen LogP) is 2.32. The molecule has 8 heteroatoms. The fourth-order valence-corrected chi connectivity index (χ4v) is 4.30. The molecule has 172 valence electrons. The van der Waals surface area contributed by atoms with Crippen LogP contribution in [0.4, 0.5) is 10.1 Å². The van der Waals surface area contributed by atoms with E-state index >= 15 is 0 Å². The maximum absolute atomic E-state index is 14.8. The van der Waals surface area contributed by atoms with Gasteiger partial charge in [0, 0.05) is 45.8 Å². The van der Waals surface area contributed by atoms with Crippen LogP contribution in [0.1, 0.15) is 32.3 Å². The minimum Gasteiger partial charge on any atom is -0.469 e. The number of piperidine rings is 1. The van der Waals surface area contributed by atoms with E-state index in [2.05, 4.69) is 26.9 Å². The van der Waals surface area contributed by atoms with Crippen molar-refractivity contribution in [2.45, 2.75) is 33.2 Å². The van der Waals surface area contributed by atoms with E-state index in [1.807, 2.05) is 19.1 Å². The average molecular weight is 434 g/mol. The lowest BCUT2D eigenvalue weighted by Crippen LogP contribution is -2.46. The van der Waals surface area contributed by atoms with Crippen molar-refractivity contribution in [1.82, 2.24) is 15.1 Å². The topological polar surface area (TPSA) is 60.4 Å². The molecule has 1 aromatic rings. The SMILES string of the molecule is CCNC(=NCc1ccc(N2CCN(CC)CC2)c(F)c1)N1CCC(C(=O)OC)CC1. The van der Waals surface area contributed by atoms with Gasteiger partial charge in [0.25, 0.3) is 0 Å². The summed E-state index contributed by atoms with van der Waals surface area (Å²) in [5.74, 6) is 0.464. The summed E-state index contributed by atoms with van der Waals surface area (Å²) in [5, 5.41) is 3.32. The van der Waals surface area contributed by atoms with Crippen LogP contribution in [0.2, 0.25) is 0 Å². The highest BCUT2D eigenvalue weighted by Crippen LogP contribution is 2.23. The van der Waals surface area contributed by atoms with Crippen LogP contribution in [0, 0.1) is 11.7 Å². The summed E-state index contributed by atoms with van der Waals surface area (Å²) in [6.07, 6.45) is 1.51. The Morgan fingerprint density at radius 1 is 1.16 bits per heavy atom. The number of likely N-dealkylation sites (N-methyl/N-ethyl adjacent to an activating group) is 1.